The Morgan fingerprint density at radius 3 is 3.10 bits per heavy atom. The van der Waals surface area contributed by atoms with E-state index in [1.807, 2.05) is 11.9 Å². The summed E-state index contributed by atoms with van der Waals surface area (Å²) in [5.41, 5.74) is 0. The summed E-state index contributed by atoms with van der Waals surface area (Å²) in [7, 11) is 1.94. The molecule has 0 saturated carbocycles. The Kier molecular flexibility index (Phi) is 2.68. The first-order valence-corrected chi connectivity index (χ1v) is 3.63. The third-order valence-electron chi connectivity index (χ3n) is 1.60. The molecule has 1 aliphatic rings. The summed E-state index contributed by atoms with van der Waals surface area (Å²) in [6, 6.07) is 0. The van der Waals surface area contributed by atoms with Gasteiger partial charge in [0.1, 0.15) is 0 Å². The second-order valence-electron chi connectivity index (χ2n) is 2.67. The molecule has 58 valence electrons. The van der Waals surface area contributed by atoms with Gasteiger partial charge in [0.15, 0.2) is 0 Å². The molecule has 0 aromatic heterocycles. The highest BCUT2D eigenvalue weighted by Gasteiger charge is 2.09. The van der Waals surface area contributed by atoms with Crippen molar-refractivity contribution in [3.63, 3.8) is 0 Å². The van der Waals surface area contributed by atoms with E-state index in [-0.39, 0.29) is 5.97 Å². The van der Waals surface area contributed by atoms with Gasteiger partial charge in [0.25, 0.3) is 0 Å². The van der Waals surface area contributed by atoms with E-state index in [9.17, 15) is 4.79 Å². The van der Waals surface area contributed by atoms with Crippen LogP contribution in [0.1, 0.15) is 12.8 Å². The predicted molar refractivity (Wildman–Crippen MR) is 37.7 cm³/mol. The van der Waals surface area contributed by atoms with Crippen molar-refractivity contribution in [2.45, 2.75) is 12.8 Å². The van der Waals surface area contributed by atoms with E-state index in [2.05, 4.69) is 0 Å². The normalized spacial score (nSPS) is 23.1. The fourth-order valence-corrected chi connectivity index (χ4v) is 1.01. The van der Waals surface area contributed by atoms with Crippen molar-refractivity contribution in [1.82, 2.24) is 4.90 Å². The van der Waals surface area contributed by atoms with Gasteiger partial charge in [-0.2, -0.15) is 0 Å². The number of likely N-dealkylation sites (N-methyl/N-ethyl adjacent to an activating group) is 1. The van der Waals surface area contributed by atoms with Crippen LogP contribution in [0.4, 0.5) is 0 Å². The lowest BCUT2D eigenvalue weighted by Gasteiger charge is -2.18. The Labute approximate surface area is 61.0 Å². The van der Waals surface area contributed by atoms with E-state index in [0.717, 1.165) is 19.4 Å². The van der Waals surface area contributed by atoms with Crippen molar-refractivity contribution in [1.29, 1.82) is 0 Å². The van der Waals surface area contributed by atoms with Gasteiger partial charge in [0.2, 0.25) is 0 Å². The Bertz CT molecular complexity index is 125. The van der Waals surface area contributed by atoms with Crippen LogP contribution in [-0.4, -0.2) is 37.6 Å². The summed E-state index contributed by atoms with van der Waals surface area (Å²) >= 11 is 0. The number of hydrogen-bond donors (Lipinski definition) is 0. The van der Waals surface area contributed by atoms with Gasteiger partial charge in [-0.25, -0.2) is 0 Å². The summed E-state index contributed by atoms with van der Waals surface area (Å²) in [5.74, 6) is -0.0952. The van der Waals surface area contributed by atoms with Gasteiger partial charge in [-0.3, -0.25) is 9.69 Å². The van der Waals surface area contributed by atoms with Gasteiger partial charge in [-0.1, -0.05) is 0 Å². The molecule has 0 unspecified atom stereocenters. The van der Waals surface area contributed by atoms with E-state index in [0.29, 0.717) is 13.2 Å². The Balaban J connectivity index is 2.32. The number of ether oxygens (including phenoxy) is 1. The minimum Gasteiger partial charge on any atom is -0.465 e. The zero-order valence-electron chi connectivity index (χ0n) is 6.30. The zero-order chi connectivity index (χ0) is 7.40. The quantitative estimate of drug-likeness (QED) is 0.455. The summed E-state index contributed by atoms with van der Waals surface area (Å²) in [5, 5.41) is 0. The molecule has 3 nitrogen and oxygen atoms in total. The van der Waals surface area contributed by atoms with Crippen molar-refractivity contribution in [2.24, 2.45) is 0 Å². The largest absolute Gasteiger partial charge is 0.465 e. The number of rotatable bonds is 0. The highest BCUT2D eigenvalue weighted by Crippen LogP contribution is 1.98. The molecule has 0 amide bonds. The average molecular weight is 143 g/mol. The number of carbonyl (C=O) groups excluding carboxylic acids is 1. The molecule has 0 atom stereocenters. The monoisotopic (exact) mass is 143 g/mol. The van der Waals surface area contributed by atoms with Crippen LogP contribution in [0, 0.1) is 0 Å². The molecule has 3 heteroatoms. The average Bonchev–Trinajstić information content (AvgIpc) is 1.83. The molecular formula is C7H13NO2. The molecule has 0 bridgehead atoms. The first kappa shape index (κ1) is 7.54. The van der Waals surface area contributed by atoms with E-state index in [1.165, 1.54) is 0 Å². The SMILES string of the molecule is CN1CCCCOC(=O)C1. The molecule has 1 fully saturated rings. The fraction of sp³-hybridized carbons (Fsp3) is 0.857. The van der Waals surface area contributed by atoms with Crippen molar-refractivity contribution < 1.29 is 9.53 Å². The number of nitrogens with zero attached hydrogens (tertiary/aromatic N) is 1. The molecule has 1 rings (SSSR count). The highest BCUT2D eigenvalue weighted by molar-refractivity contribution is 5.71. The molecular weight excluding hydrogens is 130 g/mol. The highest BCUT2D eigenvalue weighted by atomic mass is 16.5. The van der Waals surface area contributed by atoms with E-state index >= 15 is 0 Å². The lowest BCUT2D eigenvalue weighted by molar-refractivity contribution is -0.145. The molecule has 0 N–H and O–H groups in total. The molecule has 1 heterocycles. The maximum Gasteiger partial charge on any atom is 0.320 e. The smallest absolute Gasteiger partial charge is 0.320 e. The fourth-order valence-electron chi connectivity index (χ4n) is 1.01. The van der Waals surface area contributed by atoms with E-state index in [4.69, 9.17) is 4.74 Å². The minimum atomic E-state index is -0.0952. The summed E-state index contributed by atoms with van der Waals surface area (Å²) in [4.78, 5) is 12.8. The van der Waals surface area contributed by atoms with Crippen molar-refractivity contribution in [3.8, 4) is 0 Å². The van der Waals surface area contributed by atoms with Gasteiger partial charge in [-0.05, 0) is 26.4 Å². The Morgan fingerprint density at radius 1 is 1.50 bits per heavy atom. The lowest BCUT2D eigenvalue weighted by Crippen LogP contribution is -2.30. The van der Waals surface area contributed by atoms with Crippen LogP contribution in [0.3, 0.4) is 0 Å². The second kappa shape index (κ2) is 3.56. The van der Waals surface area contributed by atoms with Gasteiger partial charge >= 0.3 is 5.97 Å². The summed E-state index contributed by atoms with van der Waals surface area (Å²) < 4.78 is 4.87. The molecule has 0 spiro atoms. The van der Waals surface area contributed by atoms with Crippen molar-refractivity contribution >= 4 is 5.97 Å². The molecule has 1 saturated heterocycles. The van der Waals surface area contributed by atoms with Gasteiger partial charge in [0.05, 0.1) is 13.2 Å². The summed E-state index contributed by atoms with van der Waals surface area (Å²) in [6.45, 7) is 2.06. The van der Waals surface area contributed by atoms with Crippen LogP contribution in [-0.2, 0) is 9.53 Å². The standard InChI is InChI=1S/C7H13NO2/c1-8-4-2-3-5-10-7(9)6-8/h2-6H2,1H3. The molecule has 1 aliphatic heterocycles. The van der Waals surface area contributed by atoms with E-state index < -0.39 is 0 Å². The molecule has 0 aromatic carbocycles. The zero-order valence-corrected chi connectivity index (χ0v) is 6.30. The van der Waals surface area contributed by atoms with Crippen molar-refractivity contribution in [2.75, 3.05) is 26.7 Å². The number of carbonyl (C=O) groups is 1. The third kappa shape index (κ3) is 2.35. The first-order valence-electron chi connectivity index (χ1n) is 3.63. The van der Waals surface area contributed by atoms with Gasteiger partial charge < -0.3 is 4.74 Å². The van der Waals surface area contributed by atoms with Crippen LogP contribution in [0.2, 0.25) is 0 Å². The van der Waals surface area contributed by atoms with Crippen LogP contribution < -0.4 is 0 Å². The molecule has 0 aromatic rings. The molecule has 0 radical (unpaired) electrons. The maximum atomic E-state index is 10.8. The lowest BCUT2D eigenvalue weighted by atomic mass is 10.3. The second-order valence-corrected chi connectivity index (χ2v) is 2.67. The molecule has 10 heavy (non-hydrogen) atoms. The van der Waals surface area contributed by atoms with Crippen molar-refractivity contribution in [3.05, 3.63) is 0 Å². The Morgan fingerprint density at radius 2 is 2.30 bits per heavy atom. The van der Waals surface area contributed by atoms with Crippen LogP contribution in [0.5, 0.6) is 0 Å². The van der Waals surface area contributed by atoms with Gasteiger partial charge in [0, 0.05) is 0 Å². The predicted octanol–water partition coefficient (Wildman–Crippen LogP) is 0.255. The van der Waals surface area contributed by atoms with Gasteiger partial charge in [-0.15, -0.1) is 0 Å². The third-order valence-corrected chi connectivity index (χ3v) is 1.60. The number of esters is 1. The first-order chi connectivity index (χ1) is 4.79. The minimum absolute atomic E-state index is 0.0952. The van der Waals surface area contributed by atoms with Crippen LogP contribution >= 0.6 is 0 Å². The van der Waals surface area contributed by atoms with E-state index in [1.54, 1.807) is 0 Å². The summed E-state index contributed by atoms with van der Waals surface area (Å²) in [6.07, 6.45) is 2.12. The topological polar surface area (TPSA) is 29.5 Å². The van der Waals surface area contributed by atoms with Crippen LogP contribution in [0.15, 0.2) is 0 Å². The maximum absolute atomic E-state index is 10.8. The molecule has 0 aliphatic carbocycles. The van der Waals surface area contributed by atoms with Crippen LogP contribution in [0.25, 0.3) is 0 Å². The Hall–Kier alpha value is -0.570. The number of hydrogen-bond acceptors (Lipinski definition) is 3. The number of cyclic esters (lactones) is 1.